The first-order valence-corrected chi connectivity index (χ1v) is 7.36. The van der Waals surface area contributed by atoms with Crippen molar-refractivity contribution in [2.75, 3.05) is 26.2 Å². The standard InChI is InChI=1S/C15H23N3O2/c1-3-7-17-10-11-18(12-14(17)19)15(20)13(4-2)16-8-5-6-9-16/h5-6,8-9,13H,3-4,7,10-12H2,1-2H3. The van der Waals surface area contributed by atoms with E-state index in [0.717, 1.165) is 19.4 Å². The van der Waals surface area contributed by atoms with Crippen molar-refractivity contribution in [3.63, 3.8) is 0 Å². The van der Waals surface area contributed by atoms with Crippen LogP contribution in [0.3, 0.4) is 0 Å². The summed E-state index contributed by atoms with van der Waals surface area (Å²) in [4.78, 5) is 28.1. The van der Waals surface area contributed by atoms with E-state index in [2.05, 4.69) is 6.92 Å². The molecule has 1 aliphatic heterocycles. The first-order valence-electron chi connectivity index (χ1n) is 7.36. The molecule has 110 valence electrons. The van der Waals surface area contributed by atoms with Crippen LogP contribution >= 0.6 is 0 Å². The van der Waals surface area contributed by atoms with Gasteiger partial charge in [0.25, 0.3) is 0 Å². The van der Waals surface area contributed by atoms with Gasteiger partial charge >= 0.3 is 0 Å². The largest absolute Gasteiger partial charge is 0.342 e. The minimum Gasteiger partial charge on any atom is -0.342 e. The molecule has 20 heavy (non-hydrogen) atoms. The Morgan fingerprint density at radius 3 is 2.50 bits per heavy atom. The Morgan fingerprint density at radius 1 is 1.25 bits per heavy atom. The summed E-state index contributed by atoms with van der Waals surface area (Å²) in [5.41, 5.74) is 0. The number of amides is 2. The smallest absolute Gasteiger partial charge is 0.246 e. The average Bonchev–Trinajstić information content (AvgIpc) is 2.96. The minimum absolute atomic E-state index is 0.0493. The maximum absolute atomic E-state index is 12.6. The van der Waals surface area contributed by atoms with Crippen molar-refractivity contribution >= 4 is 11.8 Å². The molecule has 0 aliphatic carbocycles. The first kappa shape index (κ1) is 14.6. The molecule has 0 aromatic carbocycles. The third-order valence-corrected chi connectivity index (χ3v) is 3.78. The Hall–Kier alpha value is -1.78. The van der Waals surface area contributed by atoms with E-state index in [9.17, 15) is 9.59 Å². The van der Waals surface area contributed by atoms with Crippen LogP contribution in [0.1, 0.15) is 32.7 Å². The predicted octanol–water partition coefficient (Wildman–Crippen LogP) is 1.52. The first-order chi connectivity index (χ1) is 9.67. The van der Waals surface area contributed by atoms with Crippen molar-refractivity contribution in [2.24, 2.45) is 0 Å². The fourth-order valence-corrected chi connectivity index (χ4v) is 2.68. The van der Waals surface area contributed by atoms with Crippen molar-refractivity contribution in [1.82, 2.24) is 14.4 Å². The highest BCUT2D eigenvalue weighted by atomic mass is 16.2. The molecule has 1 aromatic rings. The van der Waals surface area contributed by atoms with Gasteiger partial charge in [0.15, 0.2) is 0 Å². The van der Waals surface area contributed by atoms with E-state index in [4.69, 9.17) is 0 Å². The number of nitrogens with zero attached hydrogens (tertiary/aromatic N) is 3. The fraction of sp³-hybridized carbons (Fsp3) is 0.600. The molecule has 0 radical (unpaired) electrons. The van der Waals surface area contributed by atoms with Crippen molar-refractivity contribution in [3.8, 4) is 0 Å². The van der Waals surface area contributed by atoms with Gasteiger partial charge in [-0.1, -0.05) is 13.8 Å². The average molecular weight is 277 g/mol. The zero-order valence-corrected chi connectivity index (χ0v) is 12.3. The van der Waals surface area contributed by atoms with Gasteiger partial charge in [-0.15, -0.1) is 0 Å². The summed E-state index contributed by atoms with van der Waals surface area (Å²) in [5.74, 6) is 0.113. The summed E-state index contributed by atoms with van der Waals surface area (Å²) in [6.07, 6.45) is 5.50. The van der Waals surface area contributed by atoms with Crippen molar-refractivity contribution in [2.45, 2.75) is 32.7 Å². The maximum Gasteiger partial charge on any atom is 0.246 e. The normalized spacial score (nSPS) is 17.4. The molecule has 1 aliphatic rings. The van der Waals surface area contributed by atoms with Gasteiger partial charge in [-0.05, 0) is 25.0 Å². The highest BCUT2D eigenvalue weighted by Crippen LogP contribution is 2.17. The summed E-state index contributed by atoms with van der Waals surface area (Å²) in [5, 5.41) is 0. The Kier molecular flexibility index (Phi) is 4.82. The van der Waals surface area contributed by atoms with Crippen LogP contribution in [0.25, 0.3) is 0 Å². The number of carbonyl (C=O) groups excluding carboxylic acids is 2. The molecule has 0 saturated carbocycles. The van der Waals surface area contributed by atoms with Crippen LogP contribution in [-0.4, -0.2) is 52.4 Å². The van der Waals surface area contributed by atoms with Crippen LogP contribution in [0.4, 0.5) is 0 Å². The van der Waals surface area contributed by atoms with E-state index in [-0.39, 0.29) is 24.4 Å². The molecule has 0 bridgehead atoms. The van der Waals surface area contributed by atoms with Gasteiger partial charge in [0.05, 0.1) is 6.54 Å². The third-order valence-electron chi connectivity index (χ3n) is 3.78. The summed E-state index contributed by atoms with van der Waals surface area (Å²) >= 11 is 0. The molecule has 1 atom stereocenters. The van der Waals surface area contributed by atoms with Gasteiger partial charge in [-0.25, -0.2) is 0 Å². The van der Waals surface area contributed by atoms with Crippen LogP contribution in [0.2, 0.25) is 0 Å². The van der Waals surface area contributed by atoms with E-state index >= 15 is 0 Å². The molecule has 2 heterocycles. The Balaban J connectivity index is 2.01. The maximum atomic E-state index is 12.6. The monoisotopic (exact) mass is 277 g/mol. The van der Waals surface area contributed by atoms with Gasteiger partial charge in [-0.2, -0.15) is 0 Å². The Morgan fingerprint density at radius 2 is 1.95 bits per heavy atom. The Labute approximate surface area is 120 Å². The van der Waals surface area contributed by atoms with Gasteiger partial charge in [0, 0.05) is 32.0 Å². The number of piperazine rings is 1. The quantitative estimate of drug-likeness (QED) is 0.819. The Bertz CT molecular complexity index is 456. The van der Waals surface area contributed by atoms with Crippen LogP contribution in [-0.2, 0) is 9.59 Å². The molecule has 1 fully saturated rings. The van der Waals surface area contributed by atoms with Crippen LogP contribution in [0.15, 0.2) is 24.5 Å². The lowest BCUT2D eigenvalue weighted by atomic mass is 10.1. The van der Waals surface area contributed by atoms with E-state index in [1.54, 1.807) is 4.90 Å². The predicted molar refractivity (Wildman–Crippen MR) is 77.2 cm³/mol. The number of hydrogen-bond donors (Lipinski definition) is 0. The lowest BCUT2D eigenvalue weighted by Gasteiger charge is -2.36. The van der Waals surface area contributed by atoms with Crippen molar-refractivity contribution in [1.29, 1.82) is 0 Å². The van der Waals surface area contributed by atoms with Crippen molar-refractivity contribution in [3.05, 3.63) is 24.5 Å². The van der Waals surface area contributed by atoms with Crippen molar-refractivity contribution < 1.29 is 9.59 Å². The molecule has 1 unspecified atom stereocenters. The molecule has 0 spiro atoms. The molecule has 2 amide bonds. The highest BCUT2D eigenvalue weighted by molar-refractivity contribution is 5.87. The fourth-order valence-electron chi connectivity index (χ4n) is 2.68. The summed E-state index contributed by atoms with van der Waals surface area (Å²) in [6.45, 7) is 6.36. The second kappa shape index (κ2) is 6.59. The van der Waals surface area contributed by atoms with Gasteiger partial charge < -0.3 is 14.4 Å². The molecule has 1 saturated heterocycles. The molecule has 5 nitrogen and oxygen atoms in total. The lowest BCUT2D eigenvalue weighted by Crippen LogP contribution is -2.53. The molecule has 5 heteroatoms. The van der Waals surface area contributed by atoms with Crippen LogP contribution < -0.4 is 0 Å². The van der Waals surface area contributed by atoms with E-state index < -0.39 is 0 Å². The second-order valence-electron chi connectivity index (χ2n) is 5.19. The molecular weight excluding hydrogens is 254 g/mol. The molecule has 2 rings (SSSR count). The topological polar surface area (TPSA) is 45.5 Å². The summed E-state index contributed by atoms with van der Waals surface area (Å²) < 4.78 is 1.92. The van der Waals surface area contributed by atoms with Crippen LogP contribution in [0.5, 0.6) is 0 Å². The van der Waals surface area contributed by atoms with Gasteiger partial charge in [-0.3, -0.25) is 9.59 Å². The van der Waals surface area contributed by atoms with E-state index in [1.165, 1.54) is 0 Å². The zero-order valence-electron chi connectivity index (χ0n) is 12.3. The number of rotatable bonds is 5. The second-order valence-corrected chi connectivity index (χ2v) is 5.19. The van der Waals surface area contributed by atoms with E-state index in [1.807, 2.05) is 40.9 Å². The summed E-state index contributed by atoms with van der Waals surface area (Å²) in [7, 11) is 0. The molecule has 1 aromatic heterocycles. The van der Waals surface area contributed by atoms with Gasteiger partial charge in [0.1, 0.15) is 6.04 Å². The SMILES string of the molecule is CCCN1CCN(C(=O)C(CC)n2cccc2)CC1=O. The number of carbonyl (C=O) groups is 2. The molecular formula is C15H23N3O2. The lowest BCUT2D eigenvalue weighted by molar-refractivity contribution is -0.147. The highest BCUT2D eigenvalue weighted by Gasteiger charge is 2.30. The third kappa shape index (κ3) is 3.03. The zero-order chi connectivity index (χ0) is 14.5. The number of aromatic nitrogens is 1. The van der Waals surface area contributed by atoms with E-state index in [0.29, 0.717) is 13.1 Å². The summed E-state index contributed by atoms with van der Waals surface area (Å²) in [6, 6.07) is 3.64. The minimum atomic E-state index is -0.199. The van der Waals surface area contributed by atoms with Gasteiger partial charge in [0.2, 0.25) is 11.8 Å². The van der Waals surface area contributed by atoms with Crippen LogP contribution in [0, 0.1) is 0 Å². The molecule has 0 N–H and O–H groups in total. The number of hydrogen-bond acceptors (Lipinski definition) is 2.